The first-order valence-corrected chi connectivity index (χ1v) is 10.2. The lowest BCUT2D eigenvalue weighted by Gasteiger charge is -2.40. The van der Waals surface area contributed by atoms with E-state index in [1.165, 1.54) is 24.8 Å². The quantitative estimate of drug-likeness (QED) is 0.733. The van der Waals surface area contributed by atoms with Crippen molar-refractivity contribution in [3.05, 3.63) is 60.3 Å². The van der Waals surface area contributed by atoms with E-state index in [0.717, 1.165) is 25.3 Å². The molecular weight excluding hydrogens is 334 g/mol. The molecule has 144 valence electrons. The molecule has 0 N–H and O–H groups in total. The summed E-state index contributed by atoms with van der Waals surface area (Å²) in [4.78, 5) is 21.5. The summed E-state index contributed by atoms with van der Waals surface area (Å²) in [7, 11) is 0. The lowest BCUT2D eigenvalue weighted by atomic mass is 9.95. The third-order valence-corrected chi connectivity index (χ3v) is 5.47. The second-order valence-corrected chi connectivity index (χ2v) is 7.49. The van der Waals surface area contributed by atoms with Gasteiger partial charge in [0, 0.05) is 31.2 Å². The minimum atomic E-state index is 0.101. The van der Waals surface area contributed by atoms with Crippen LogP contribution in [0.15, 0.2) is 54.7 Å². The zero-order valence-electron chi connectivity index (χ0n) is 16.6. The van der Waals surface area contributed by atoms with Crippen molar-refractivity contribution >= 4 is 11.7 Å². The number of aromatic nitrogens is 1. The summed E-state index contributed by atoms with van der Waals surface area (Å²) in [5.41, 5.74) is 1.40. The number of hydrogen-bond donors (Lipinski definition) is 0. The third-order valence-electron chi connectivity index (χ3n) is 5.47. The molecule has 4 nitrogen and oxygen atoms in total. The number of amides is 1. The van der Waals surface area contributed by atoms with Gasteiger partial charge in [0.25, 0.3) is 0 Å². The molecule has 2 atom stereocenters. The Hall–Kier alpha value is -2.20. The van der Waals surface area contributed by atoms with Crippen LogP contribution < -0.4 is 4.90 Å². The summed E-state index contributed by atoms with van der Waals surface area (Å²) in [5.74, 6) is 0.895. The molecule has 1 aromatic carbocycles. The number of rotatable bonds is 7. The zero-order chi connectivity index (χ0) is 19.1. The minimum Gasteiger partial charge on any atom is -0.298 e. The van der Waals surface area contributed by atoms with Gasteiger partial charge in [0.15, 0.2) is 0 Å². The summed E-state index contributed by atoms with van der Waals surface area (Å²) in [6.07, 6.45) is 7.10. The Labute approximate surface area is 163 Å². The number of benzene rings is 1. The molecule has 1 aromatic heterocycles. The van der Waals surface area contributed by atoms with Gasteiger partial charge in [-0.2, -0.15) is 0 Å². The van der Waals surface area contributed by atoms with Gasteiger partial charge in [-0.15, -0.1) is 0 Å². The fraction of sp³-hybridized carbons (Fsp3) is 0.478. The van der Waals surface area contributed by atoms with Crippen molar-refractivity contribution in [1.29, 1.82) is 0 Å². The molecule has 4 heteroatoms. The Morgan fingerprint density at radius 3 is 2.67 bits per heavy atom. The highest BCUT2D eigenvalue weighted by molar-refractivity contribution is 5.92. The van der Waals surface area contributed by atoms with Crippen molar-refractivity contribution in [2.24, 2.45) is 0 Å². The standard InChI is InChI=1S/C23H31N3O/c1-3-23(27)26(22-14-7-9-15-24-22)19(2)18-25-16-10-8-13-21(25)17-20-11-5-4-6-12-20/h4-7,9,11-12,14-15,19,21H,3,8,10,13,16-18H2,1-2H3. The SMILES string of the molecule is CCC(=O)N(c1ccccn1)C(C)CN1CCCCC1Cc1ccccc1. The van der Waals surface area contributed by atoms with Gasteiger partial charge < -0.3 is 0 Å². The molecule has 1 aliphatic rings. The molecule has 0 saturated carbocycles. The number of likely N-dealkylation sites (tertiary alicyclic amines) is 1. The van der Waals surface area contributed by atoms with Crippen LogP contribution in [0.1, 0.15) is 45.1 Å². The van der Waals surface area contributed by atoms with Gasteiger partial charge >= 0.3 is 0 Å². The van der Waals surface area contributed by atoms with E-state index in [1.807, 2.05) is 30.0 Å². The lowest BCUT2D eigenvalue weighted by molar-refractivity contribution is -0.118. The summed E-state index contributed by atoms with van der Waals surface area (Å²) in [5, 5.41) is 0. The highest BCUT2D eigenvalue weighted by Crippen LogP contribution is 2.23. The lowest BCUT2D eigenvalue weighted by Crippen LogP contribution is -2.50. The Balaban J connectivity index is 1.72. The van der Waals surface area contributed by atoms with Crippen molar-refractivity contribution in [3.63, 3.8) is 0 Å². The second-order valence-electron chi connectivity index (χ2n) is 7.49. The monoisotopic (exact) mass is 365 g/mol. The van der Waals surface area contributed by atoms with Crippen LogP contribution in [-0.4, -0.2) is 41.0 Å². The molecule has 0 radical (unpaired) electrons. The fourth-order valence-corrected chi connectivity index (χ4v) is 4.10. The van der Waals surface area contributed by atoms with E-state index in [-0.39, 0.29) is 11.9 Å². The molecule has 27 heavy (non-hydrogen) atoms. The van der Waals surface area contributed by atoms with Crippen LogP contribution in [0.25, 0.3) is 0 Å². The Kier molecular flexibility index (Phi) is 6.99. The predicted octanol–water partition coefficient (Wildman–Crippen LogP) is 4.31. The van der Waals surface area contributed by atoms with E-state index < -0.39 is 0 Å². The van der Waals surface area contributed by atoms with Gasteiger partial charge in [0.2, 0.25) is 5.91 Å². The van der Waals surface area contributed by atoms with Gasteiger partial charge in [-0.3, -0.25) is 14.6 Å². The van der Waals surface area contributed by atoms with Crippen molar-refractivity contribution in [2.75, 3.05) is 18.0 Å². The van der Waals surface area contributed by atoms with Crippen LogP contribution in [0.2, 0.25) is 0 Å². The summed E-state index contributed by atoms with van der Waals surface area (Å²) >= 11 is 0. The summed E-state index contributed by atoms with van der Waals surface area (Å²) in [6, 6.07) is 17.2. The third kappa shape index (κ3) is 5.16. The maximum absolute atomic E-state index is 12.6. The van der Waals surface area contributed by atoms with Crippen LogP contribution in [0, 0.1) is 0 Å². The maximum atomic E-state index is 12.6. The van der Waals surface area contributed by atoms with Crippen molar-refractivity contribution in [1.82, 2.24) is 9.88 Å². The highest BCUT2D eigenvalue weighted by Gasteiger charge is 2.28. The van der Waals surface area contributed by atoms with Gasteiger partial charge in [-0.25, -0.2) is 4.98 Å². The molecule has 0 aliphatic carbocycles. The molecule has 1 aliphatic heterocycles. The number of piperidine rings is 1. The molecule has 2 unspecified atom stereocenters. The summed E-state index contributed by atoms with van der Waals surface area (Å²) < 4.78 is 0. The topological polar surface area (TPSA) is 36.4 Å². The van der Waals surface area contributed by atoms with E-state index in [0.29, 0.717) is 12.5 Å². The average Bonchev–Trinajstić information content (AvgIpc) is 2.71. The molecule has 0 bridgehead atoms. The molecule has 0 spiro atoms. The predicted molar refractivity (Wildman–Crippen MR) is 111 cm³/mol. The number of anilines is 1. The van der Waals surface area contributed by atoms with E-state index in [9.17, 15) is 4.79 Å². The van der Waals surface area contributed by atoms with E-state index in [2.05, 4.69) is 47.1 Å². The first-order valence-electron chi connectivity index (χ1n) is 10.2. The number of carbonyl (C=O) groups is 1. The van der Waals surface area contributed by atoms with Crippen LogP contribution in [0.4, 0.5) is 5.82 Å². The average molecular weight is 366 g/mol. The fourth-order valence-electron chi connectivity index (χ4n) is 4.10. The number of pyridine rings is 1. The van der Waals surface area contributed by atoms with Gasteiger partial charge in [0.05, 0.1) is 0 Å². The smallest absolute Gasteiger partial charge is 0.228 e. The van der Waals surface area contributed by atoms with Gasteiger partial charge in [-0.1, -0.05) is 49.7 Å². The van der Waals surface area contributed by atoms with E-state index in [4.69, 9.17) is 0 Å². The molecule has 2 aromatic rings. The first kappa shape index (κ1) is 19.6. The van der Waals surface area contributed by atoms with Gasteiger partial charge in [0.1, 0.15) is 5.82 Å². The van der Waals surface area contributed by atoms with Crippen LogP contribution in [-0.2, 0) is 11.2 Å². The number of carbonyl (C=O) groups excluding carboxylic acids is 1. The van der Waals surface area contributed by atoms with Crippen LogP contribution in [0.5, 0.6) is 0 Å². The van der Waals surface area contributed by atoms with Crippen LogP contribution >= 0.6 is 0 Å². The molecule has 2 heterocycles. The van der Waals surface area contributed by atoms with Crippen LogP contribution in [0.3, 0.4) is 0 Å². The minimum absolute atomic E-state index is 0.101. The summed E-state index contributed by atoms with van der Waals surface area (Å²) in [6.45, 7) is 6.07. The zero-order valence-corrected chi connectivity index (χ0v) is 16.6. The Morgan fingerprint density at radius 2 is 1.96 bits per heavy atom. The Bertz CT molecular complexity index is 704. The highest BCUT2D eigenvalue weighted by atomic mass is 16.2. The number of nitrogens with zero attached hydrogens (tertiary/aromatic N) is 3. The largest absolute Gasteiger partial charge is 0.298 e. The second kappa shape index (κ2) is 9.65. The van der Waals surface area contributed by atoms with Gasteiger partial charge in [-0.05, 0) is 50.4 Å². The van der Waals surface area contributed by atoms with E-state index in [1.54, 1.807) is 6.20 Å². The van der Waals surface area contributed by atoms with E-state index >= 15 is 0 Å². The van der Waals surface area contributed by atoms with Crippen molar-refractivity contribution in [3.8, 4) is 0 Å². The molecule has 1 amide bonds. The molecule has 3 rings (SSSR count). The Morgan fingerprint density at radius 1 is 1.19 bits per heavy atom. The maximum Gasteiger partial charge on any atom is 0.228 e. The first-order chi connectivity index (χ1) is 13.2. The molecule has 1 fully saturated rings. The molecule has 1 saturated heterocycles. The van der Waals surface area contributed by atoms with Crippen molar-refractivity contribution < 1.29 is 4.79 Å². The van der Waals surface area contributed by atoms with Crippen molar-refractivity contribution in [2.45, 2.75) is 58.0 Å². The number of hydrogen-bond acceptors (Lipinski definition) is 3. The normalized spacial score (nSPS) is 18.8. The molecular formula is C23H31N3O.